The second-order valence-corrected chi connectivity index (χ2v) is 5.85. The van der Waals surface area contributed by atoms with E-state index in [1.165, 1.54) is 16.9 Å². The molecule has 1 aromatic heterocycles. The molecule has 0 aliphatic carbocycles. The zero-order valence-corrected chi connectivity index (χ0v) is 12.4. The Balaban J connectivity index is 2.08. The minimum atomic E-state index is -0.291. The van der Waals surface area contributed by atoms with E-state index in [1.54, 1.807) is 11.0 Å². The van der Waals surface area contributed by atoms with Gasteiger partial charge in [0.1, 0.15) is 6.61 Å². The van der Waals surface area contributed by atoms with Crippen LogP contribution in [0.25, 0.3) is 5.57 Å². The summed E-state index contributed by atoms with van der Waals surface area (Å²) in [4.78, 5) is 16.7. The van der Waals surface area contributed by atoms with E-state index < -0.39 is 0 Å². The van der Waals surface area contributed by atoms with Gasteiger partial charge in [-0.1, -0.05) is 18.7 Å². The zero-order chi connectivity index (χ0) is 13.8. The fourth-order valence-corrected chi connectivity index (χ4v) is 2.90. The number of amides is 1. The highest BCUT2D eigenvalue weighted by molar-refractivity contribution is 7.73. The summed E-state index contributed by atoms with van der Waals surface area (Å²) < 4.78 is 5.84. The number of nitrogens with one attached hydrogen (secondary N) is 1. The van der Waals surface area contributed by atoms with Crippen molar-refractivity contribution in [3.63, 3.8) is 0 Å². The number of aromatic amines is 1. The van der Waals surface area contributed by atoms with Crippen LogP contribution in [0, 0.1) is 3.95 Å². The van der Waals surface area contributed by atoms with Gasteiger partial charge in [-0.3, -0.25) is 0 Å². The van der Waals surface area contributed by atoms with Gasteiger partial charge < -0.3 is 14.6 Å². The Labute approximate surface area is 121 Å². The highest BCUT2D eigenvalue weighted by Crippen LogP contribution is 2.25. The molecule has 4 nitrogen and oxygen atoms in total. The van der Waals surface area contributed by atoms with Gasteiger partial charge in [0.25, 0.3) is 0 Å². The number of thiazole rings is 1. The lowest BCUT2D eigenvalue weighted by Crippen LogP contribution is -2.41. The fourth-order valence-electron chi connectivity index (χ4n) is 2.04. The molecular weight excluding hydrogens is 280 g/mol. The van der Waals surface area contributed by atoms with Crippen LogP contribution in [0.1, 0.15) is 19.0 Å². The number of ether oxygens (including phenoxy) is 1. The van der Waals surface area contributed by atoms with Crippen LogP contribution in [-0.2, 0) is 4.74 Å². The van der Waals surface area contributed by atoms with Gasteiger partial charge in [0.2, 0.25) is 0 Å². The Bertz CT molecular complexity index is 559. The molecule has 0 fully saturated rings. The summed E-state index contributed by atoms with van der Waals surface area (Å²) >= 11 is 6.61. The highest BCUT2D eigenvalue weighted by atomic mass is 32.1. The van der Waals surface area contributed by atoms with Gasteiger partial charge in [0, 0.05) is 11.9 Å². The lowest BCUT2D eigenvalue weighted by Gasteiger charge is -2.31. The maximum atomic E-state index is 11.8. The second-order valence-electron chi connectivity index (χ2n) is 4.30. The van der Waals surface area contributed by atoms with Crippen molar-refractivity contribution in [3.8, 4) is 0 Å². The molecule has 0 saturated carbocycles. The van der Waals surface area contributed by atoms with Crippen molar-refractivity contribution in [2.75, 3.05) is 13.2 Å². The van der Waals surface area contributed by atoms with E-state index in [1.807, 2.05) is 12.3 Å². The summed E-state index contributed by atoms with van der Waals surface area (Å²) in [5.41, 5.74) is 2.26. The van der Waals surface area contributed by atoms with E-state index in [2.05, 4.69) is 17.6 Å². The van der Waals surface area contributed by atoms with Crippen LogP contribution in [0.15, 0.2) is 24.1 Å². The molecule has 0 aromatic carbocycles. The minimum Gasteiger partial charge on any atom is -0.445 e. The largest absolute Gasteiger partial charge is 0.445 e. The molecule has 2 heterocycles. The Kier molecular flexibility index (Phi) is 4.55. The van der Waals surface area contributed by atoms with Gasteiger partial charge in [0.05, 0.1) is 11.7 Å². The van der Waals surface area contributed by atoms with Crippen molar-refractivity contribution in [2.24, 2.45) is 0 Å². The highest BCUT2D eigenvalue weighted by Gasteiger charge is 2.24. The van der Waals surface area contributed by atoms with Crippen LogP contribution in [0.5, 0.6) is 0 Å². The number of carbonyl (C=O) groups excluding carboxylic acids is 1. The Hall–Kier alpha value is -1.40. The number of rotatable bonds is 3. The first-order chi connectivity index (χ1) is 9.11. The quantitative estimate of drug-likeness (QED) is 0.684. The molecule has 1 aromatic rings. The van der Waals surface area contributed by atoms with Crippen molar-refractivity contribution in [3.05, 3.63) is 33.8 Å². The number of aromatic nitrogens is 1. The maximum Gasteiger partial charge on any atom is 0.410 e. The molecule has 0 saturated heterocycles. The molecule has 6 heteroatoms. The molecule has 1 amide bonds. The Morgan fingerprint density at radius 1 is 1.79 bits per heavy atom. The van der Waals surface area contributed by atoms with Crippen molar-refractivity contribution >= 4 is 35.2 Å². The zero-order valence-electron chi connectivity index (χ0n) is 10.7. The van der Waals surface area contributed by atoms with Crippen LogP contribution in [0.3, 0.4) is 0 Å². The summed E-state index contributed by atoms with van der Waals surface area (Å²) in [7, 11) is 0. The molecule has 0 unspecified atom stereocenters. The minimum absolute atomic E-state index is 0.0166. The number of carbonyl (C=O) groups is 1. The predicted octanol–water partition coefficient (Wildman–Crippen LogP) is 3.61. The van der Waals surface area contributed by atoms with Crippen molar-refractivity contribution in [1.29, 1.82) is 0 Å². The van der Waals surface area contributed by atoms with Gasteiger partial charge in [-0.2, -0.15) is 0 Å². The Morgan fingerprint density at radius 2 is 2.58 bits per heavy atom. The summed E-state index contributed by atoms with van der Waals surface area (Å²) in [6.07, 6.45) is 4.15. The second kappa shape index (κ2) is 6.16. The van der Waals surface area contributed by atoms with E-state index in [9.17, 15) is 4.79 Å². The van der Waals surface area contributed by atoms with Gasteiger partial charge in [-0.15, -0.1) is 11.3 Å². The van der Waals surface area contributed by atoms with Crippen molar-refractivity contribution in [1.82, 2.24) is 9.88 Å². The summed E-state index contributed by atoms with van der Waals surface area (Å²) in [5, 5.41) is 2.02. The van der Waals surface area contributed by atoms with Crippen molar-refractivity contribution in [2.45, 2.75) is 19.4 Å². The molecule has 2 rings (SSSR count). The van der Waals surface area contributed by atoms with E-state index in [0.29, 0.717) is 6.54 Å². The number of H-pyrrole nitrogens is 1. The van der Waals surface area contributed by atoms with Crippen LogP contribution < -0.4 is 0 Å². The third-order valence-corrected chi connectivity index (χ3v) is 4.04. The maximum absolute atomic E-state index is 11.8. The molecule has 0 spiro atoms. The van der Waals surface area contributed by atoms with E-state index in [-0.39, 0.29) is 18.7 Å². The number of hydrogen-bond donors (Lipinski definition) is 1. The van der Waals surface area contributed by atoms with E-state index in [0.717, 1.165) is 16.1 Å². The average molecular weight is 296 g/mol. The van der Waals surface area contributed by atoms with Crippen LogP contribution in [-0.4, -0.2) is 35.2 Å². The normalized spacial score (nSPS) is 18.9. The molecule has 1 aliphatic heterocycles. The number of hydrogen-bond acceptors (Lipinski definition) is 4. The molecule has 1 N–H and O–H groups in total. The lowest BCUT2D eigenvalue weighted by atomic mass is 10.0. The van der Waals surface area contributed by atoms with Crippen molar-refractivity contribution < 1.29 is 9.53 Å². The van der Waals surface area contributed by atoms with Gasteiger partial charge >= 0.3 is 6.09 Å². The molecule has 19 heavy (non-hydrogen) atoms. The molecule has 0 radical (unpaired) electrons. The molecular formula is C13H16N2O2S2. The number of nitrogens with zero attached hydrogens (tertiary/aromatic N) is 1. The summed E-state index contributed by atoms with van der Waals surface area (Å²) in [6, 6.07) is 0.0166. The van der Waals surface area contributed by atoms with Gasteiger partial charge in [-0.25, -0.2) is 4.79 Å². The fraction of sp³-hybridized carbons (Fsp3) is 0.385. The molecule has 1 atom stereocenters. The molecule has 102 valence electrons. The summed E-state index contributed by atoms with van der Waals surface area (Å²) in [5.74, 6) is 0. The third kappa shape index (κ3) is 3.33. The van der Waals surface area contributed by atoms with Gasteiger partial charge in [-0.05, 0) is 31.1 Å². The van der Waals surface area contributed by atoms with Crippen LogP contribution in [0.4, 0.5) is 4.79 Å². The predicted molar refractivity (Wildman–Crippen MR) is 79.8 cm³/mol. The van der Waals surface area contributed by atoms with Gasteiger partial charge in [0.15, 0.2) is 3.95 Å². The van der Waals surface area contributed by atoms with Crippen LogP contribution in [0.2, 0.25) is 0 Å². The topological polar surface area (TPSA) is 45.3 Å². The van der Waals surface area contributed by atoms with E-state index >= 15 is 0 Å². The lowest BCUT2D eigenvalue weighted by molar-refractivity contribution is 0.104. The Morgan fingerprint density at radius 3 is 3.16 bits per heavy atom. The SMILES string of the molecule is C=CCOC(=O)N1CCC(c2csc(=S)[nH]2)=C[C@H]1C. The average Bonchev–Trinajstić information content (AvgIpc) is 2.82. The monoisotopic (exact) mass is 296 g/mol. The first kappa shape index (κ1) is 14.0. The van der Waals surface area contributed by atoms with E-state index in [4.69, 9.17) is 17.0 Å². The smallest absolute Gasteiger partial charge is 0.410 e. The first-order valence-corrected chi connectivity index (χ1v) is 7.33. The molecule has 1 aliphatic rings. The first-order valence-electron chi connectivity index (χ1n) is 6.05. The standard InChI is InChI=1S/C13H16N2O2S2/c1-3-6-17-13(16)15-5-4-10(7-9(15)2)11-8-19-12(18)14-11/h3,7-9H,1,4-6H2,2H3,(H,14,18)/t9-/m1/s1. The van der Waals surface area contributed by atoms with Crippen LogP contribution >= 0.6 is 23.6 Å². The molecule has 0 bridgehead atoms. The summed E-state index contributed by atoms with van der Waals surface area (Å²) in [6.45, 7) is 6.41. The third-order valence-electron chi connectivity index (χ3n) is 2.98.